The number of ether oxygens (including phenoxy) is 1. The monoisotopic (exact) mass is 317 g/mol. The van der Waals surface area contributed by atoms with Gasteiger partial charge in [-0.3, -0.25) is 10.1 Å². The van der Waals surface area contributed by atoms with Crippen LogP contribution in [0.2, 0.25) is 0 Å². The Labute approximate surface area is 131 Å². The Balaban J connectivity index is 1.99. The van der Waals surface area contributed by atoms with E-state index < -0.39 is 10.9 Å². The number of nitrogens with zero attached hydrogens (tertiary/aromatic N) is 5. The summed E-state index contributed by atoms with van der Waals surface area (Å²) < 4.78 is 6.58. The van der Waals surface area contributed by atoms with Gasteiger partial charge in [-0.05, 0) is 13.0 Å². The maximum Gasteiger partial charge on any atom is 0.340 e. The number of methoxy groups -OCH3 is 1. The SMILES string of the molecule is COC(=O)c1cc([N+](=O)[O-])ccc1N1CCn2nc(C)nc2C1. The minimum atomic E-state index is -0.605. The minimum Gasteiger partial charge on any atom is -0.465 e. The number of anilines is 1. The maximum absolute atomic E-state index is 12.0. The van der Waals surface area contributed by atoms with E-state index in [1.54, 1.807) is 6.07 Å². The number of aryl methyl sites for hydroxylation is 1. The molecule has 0 saturated carbocycles. The molecule has 1 aromatic carbocycles. The van der Waals surface area contributed by atoms with Crippen LogP contribution < -0.4 is 4.90 Å². The Morgan fingerprint density at radius 2 is 2.17 bits per heavy atom. The molecule has 0 N–H and O–H groups in total. The topological polar surface area (TPSA) is 103 Å². The molecule has 0 spiro atoms. The number of rotatable bonds is 3. The number of carbonyl (C=O) groups is 1. The van der Waals surface area contributed by atoms with E-state index in [1.807, 2.05) is 16.5 Å². The van der Waals surface area contributed by atoms with Gasteiger partial charge in [-0.2, -0.15) is 5.10 Å². The van der Waals surface area contributed by atoms with E-state index >= 15 is 0 Å². The lowest BCUT2D eigenvalue weighted by Crippen LogP contribution is -2.35. The van der Waals surface area contributed by atoms with Crippen LogP contribution in [0, 0.1) is 17.0 Å². The molecule has 1 aromatic heterocycles. The fraction of sp³-hybridized carbons (Fsp3) is 0.357. The number of hydrogen-bond acceptors (Lipinski definition) is 7. The van der Waals surface area contributed by atoms with E-state index in [9.17, 15) is 14.9 Å². The number of esters is 1. The Bertz CT molecular complexity index is 785. The lowest BCUT2D eigenvalue weighted by molar-refractivity contribution is -0.384. The molecule has 1 aliphatic heterocycles. The molecule has 9 heteroatoms. The molecule has 0 fully saturated rings. The Hall–Kier alpha value is -2.97. The van der Waals surface area contributed by atoms with Crippen LogP contribution in [0.1, 0.15) is 22.0 Å². The van der Waals surface area contributed by atoms with Gasteiger partial charge in [0.25, 0.3) is 5.69 Å². The second kappa shape index (κ2) is 5.67. The van der Waals surface area contributed by atoms with Gasteiger partial charge in [0.05, 0.1) is 36.4 Å². The molecule has 3 rings (SSSR count). The van der Waals surface area contributed by atoms with Gasteiger partial charge in [-0.25, -0.2) is 14.5 Å². The Morgan fingerprint density at radius 3 is 2.87 bits per heavy atom. The van der Waals surface area contributed by atoms with Crippen molar-refractivity contribution in [3.8, 4) is 0 Å². The van der Waals surface area contributed by atoms with Crippen molar-refractivity contribution in [3.63, 3.8) is 0 Å². The van der Waals surface area contributed by atoms with Crippen molar-refractivity contribution in [3.05, 3.63) is 45.5 Å². The number of nitro groups is 1. The summed E-state index contributed by atoms with van der Waals surface area (Å²) in [6.07, 6.45) is 0. The van der Waals surface area contributed by atoms with E-state index in [2.05, 4.69) is 10.1 Å². The number of benzene rings is 1. The van der Waals surface area contributed by atoms with Gasteiger partial charge in [0.15, 0.2) is 0 Å². The molecule has 0 bridgehead atoms. The van der Waals surface area contributed by atoms with E-state index in [4.69, 9.17) is 4.74 Å². The third-order valence-electron chi connectivity index (χ3n) is 3.71. The number of non-ortho nitro benzene ring substituents is 1. The van der Waals surface area contributed by atoms with Crippen molar-refractivity contribution < 1.29 is 14.5 Å². The zero-order valence-corrected chi connectivity index (χ0v) is 12.7. The molecule has 1 aliphatic rings. The highest BCUT2D eigenvalue weighted by atomic mass is 16.6. The summed E-state index contributed by atoms with van der Waals surface area (Å²) in [6, 6.07) is 4.20. The molecule has 0 aliphatic carbocycles. The highest BCUT2D eigenvalue weighted by molar-refractivity contribution is 5.96. The van der Waals surface area contributed by atoms with Gasteiger partial charge >= 0.3 is 5.97 Å². The molecule has 9 nitrogen and oxygen atoms in total. The molecule has 0 saturated heterocycles. The van der Waals surface area contributed by atoms with Gasteiger partial charge in [-0.15, -0.1) is 0 Å². The van der Waals surface area contributed by atoms with Crippen LogP contribution in [0.15, 0.2) is 18.2 Å². The average molecular weight is 317 g/mol. The van der Waals surface area contributed by atoms with Gasteiger partial charge in [0.2, 0.25) is 0 Å². The van der Waals surface area contributed by atoms with E-state index in [1.165, 1.54) is 19.2 Å². The van der Waals surface area contributed by atoms with Crippen LogP contribution >= 0.6 is 0 Å². The first-order valence-corrected chi connectivity index (χ1v) is 7.01. The van der Waals surface area contributed by atoms with E-state index in [0.717, 1.165) is 5.82 Å². The Morgan fingerprint density at radius 1 is 1.39 bits per heavy atom. The van der Waals surface area contributed by atoms with Crippen LogP contribution in [0.3, 0.4) is 0 Å². The zero-order valence-electron chi connectivity index (χ0n) is 12.7. The van der Waals surface area contributed by atoms with Crippen LogP contribution in [-0.2, 0) is 17.8 Å². The molecule has 120 valence electrons. The molecule has 0 amide bonds. The highest BCUT2D eigenvalue weighted by Crippen LogP contribution is 2.28. The predicted octanol–water partition coefficient (Wildman–Crippen LogP) is 1.30. The van der Waals surface area contributed by atoms with E-state index in [0.29, 0.717) is 31.1 Å². The van der Waals surface area contributed by atoms with Gasteiger partial charge in [-0.1, -0.05) is 0 Å². The van der Waals surface area contributed by atoms with Gasteiger partial charge in [0.1, 0.15) is 11.6 Å². The number of nitro benzene ring substituents is 1. The van der Waals surface area contributed by atoms with Crippen molar-refractivity contribution in [2.45, 2.75) is 20.0 Å². The number of aromatic nitrogens is 3. The standard InChI is InChI=1S/C14H15N5O4/c1-9-15-13-8-17(5-6-18(13)16-9)12-4-3-10(19(21)22)7-11(12)14(20)23-2/h3-4,7H,5-6,8H2,1-2H3. The third kappa shape index (κ3) is 2.72. The molecule has 23 heavy (non-hydrogen) atoms. The second-order valence-electron chi connectivity index (χ2n) is 5.17. The van der Waals surface area contributed by atoms with Crippen molar-refractivity contribution in [2.75, 3.05) is 18.6 Å². The van der Waals surface area contributed by atoms with Gasteiger partial charge in [0, 0.05) is 18.7 Å². The van der Waals surface area contributed by atoms with Crippen LogP contribution in [0.5, 0.6) is 0 Å². The molecule has 2 aromatic rings. The first-order chi connectivity index (χ1) is 11.0. The minimum absolute atomic E-state index is 0.148. The smallest absolute Gasteiger partial charge is 0.340 e. The number of fused-ring (bicyclic) bond motifs is 1. The second-order valence-corrected chi connectivity index (χ2v) is 5.17. The third-order valence-corrected chi connectivity index (χ3v) is 3.71. The summed E-state index contributed by atoms with van der Waals surface area (Å²) >= 11 is 0. The lowest BCUT2D eigenvalue weighted by Gasteiger charge is -2.29. The normalized spacial score (nSPS) is 13.6. The largest absolute Gasteiger partial charge is 0.465 e. The molecule has 2 heterocycles. The lowest BCUT2D eigenvalue weighted by atomic mass is 10.1. The van der Waals surface area contributed by atoms with Crippen LogP contribution in [0.25, 0.3) is 0 Å². The molecule has 0 unspecified atom stereocenters. The van der Waals surface area contributed by atoms with E-state index in [-0.39, 0.29) is 11.3 Å². The fourth-order valence-corrected chi connectivity index (χ4v) is 2.65. The summed E-state index contributed by atoms with van der Waals surface area (Å²) in [5.41, 5.74) is 0.617. The molecular weight excluding hydrogens is 302 g/mol. The van der Waals surface area contributed by atoms with Crippen molar-refractivity contribution in [1.29, 1.82) is 0 Å². The zero-order chi connectivity index (χ0) is 16.6. The summed E-state index contributed by atoms with van der Waals surface area (Å²) in [7, 11) is 1.25. The van der Waals surface area contributed by atoms with Crippen molar-refractivity contribution in [2.24, 2.45) is 0 Å². The first kappa shape index (κ1) is 14.9. The highest BCUT2D eigenvalue weighted by Gasteiger charge is 2.25. The quantitative estimate of drug-likeness (QED) is 0.477. The van der Waals surface area contributed by atoms with Crippen LogP contribution in [0.4, 0.5) is 11.4 Å². The van der Waals surface area contributed by atoms with Crippen LogP contribution in [-0.4, -0.2) is 39.3 Å². The molecule has 0 radical (unpaired) electrons. The van der Waals surface area contributed by atoms with Crippen molar-refractivity contribution >= 4 is 17.3 Å². The number of hydrogen-bond donors (Lipinski definition) is 0. The van der Waals surface area contributed by atoms with Gasteiger partial charge < -0.3 is 9.64 Å². The summed E-state index contributed by atoms with van der Waals surface area (Å²) in [4.78, 5) is 28.7. The predicted molar refractivity (Wildman–Crippen MR) is 80.2 cm³/mol. The fourth-order valence-electron chi connectivity index (χ4n) is 2.65. The van der Waals surface area contributed by atoms with Crippen molar-refractivity contribution in [1.82, 2.24) is 14.8 Å². The summed E-state index contributed by atoms with van der Waals surface area (Å²) in [5.74, 6) is 0.883. The Kier molecular flexibility index (Phi) is 3.68. The maximum atomic E-state index is 12.0. The molecular formula is C14H15N5O4. The first-order valence-electron chi connectivity index (χ1n) is 7.01. The molecule has 0 atom stereocenters. The summed E-state index contributed by atoms with van der Waals surface area (Å²) in [6.45, 7) is 3.55. The summed E-state index contributed by atoms with van der Waals surface area (Å²) in [5, 5.41) is 15.2. The number of carbonyl (C=O) groups excluding carboxylic acids is 1. The average Bonchev–Trinajstić information content (AvgIpc) is 2.92.